The van der Waals surface area contributed by atoms with Gasteiger partial charge in [0, 0.05) is 29.4 Å². The van der Waals surface area contributed by atoms with Gasteiger partial charge in [-0.05, 0) is 38.4 Å². The Labute approximate surface area is 165 Å². The zero-order valence-corrected chi connectivity index (χ0v) is 16.4. The van der Waals surface area contributed by atoms with Crippen molar-refractivity contribution >= 4 is 17.3 Å². The van der Waals surface area contributed by atoms with E-state index in [1.807, 2.05) is 18.8 Å². The molecular weight excluding hydrogens is 391 g/mol. The van der Waals surface area contributed by atoms with E-state index in [0.29, 0.717) is 5.25 Å². The summed E-state index contributed by atoms with van der Waals surface area (Å²) in [4.78, 5) is 14.9. The highest BCUT2D eigenvalue weighted by atomic mass is 32.2. The number of pyridine rings is 1. The monoisotopic (exact) mass is 415 g/mol. The molecule has 1 saturated heterocycles. The molecule has 2 aromatic heterocycles. The molecule has 0 radical (unpaired) electrons. The Kier molecular flexibility index (Phi) is 5.47. The highest BCUT2D eigenvalue weighted by Crippen LogP contribution is 2.36. The lowest BCUT2D eigenvalue weighted by molar-refractivity contribution is -0.136. The Balaban J connectivity index is 1.53. The van der Waals surface area contributed by atoms with Crippen LogP contribution < -0.4 is 16.5 Å². The third kappa shape index (κ3) is 3.83. The van der Waals surface area contributed by atoms with Gasteiger partial charge in [-0.25, -0.2) is 15.6 Å². The van der Waals surface area contributed by atoms with Gasteiger partial charge in [-0.2, -0.15) is 24.9 Å². The first kappa shape index (κ1) is 19.8. The van der Waals surface area contributed by atoms with Crippen molar-refractivity contribution in [3.05, 3.63) is 40.6 Å². The first-order valence-electron chi connectivity index (χ1n) is 9.44. The third-order valence-corrected chi connectivity index (χ3v) is 7.05. The Bertz CT molecular complexity index is 895. The van der Waals surface area contributed by atoms with E-state index >= 15 is 0 Å². The fourth-order valence-corrected chi connectivity index (χ4v) is 5.54. The second-order valence-electron chi connectivity index (χ2n) is 7.52. The Morgan fingerprint density at radius 1 is 1.32 bits per heavy atom. The Morgan fingerprint density at radius 3 is 2.86 bits per heavy atom. The lowest BCUT2D eigenvalue weighted by Gasteiger charge is -2.30. The van der Waals surface area contributed by atoms with E-state index in [2.05, 4.69) is 15.8 Å². The van der Waals surface area contributed by atoms with Gasteiger partial charge in [0.1, 0.15) is 0 Å². The predicted octanol–water partition coefficient (Wildman–Crippen LogP) is 2.66. The molecule has 2 aromatic rings. The van der Waals surface area contributed by atoms with Gasteiger partial charge in [0.2, 0.25) is 0 Å². The van der Waals surface area contributed by atoms with Crippen molar-refractivity contribution in [1.29, 1.82) is 0 Å². The van der Waals surface area contributed by atoms with Gasteiger partial charge >= 0.3 is 11.9 Å². The van der Waals surface area contributed by atoms with Gasteiger partial charge in [0.25, 0.3) is 0 Å². The molecule has 1 saturated carbocycles. The second kappa shape index (κ2) is 7.74. The zero-order chi connectivity index (χ0) is 19.9. The van der Waals surface area contributed by atoms with Crippen LogP contribution in [-0.2, 0) is 6.18 Å². The van der Waals surface area contributed by atoms with E-state index in [4.69, 9.17) is 0 Å². The van der Waals surface area contributed by atoms with Crippen LogP contribution >= 0.6 is 11.8 Å². The number of halogens is 3. The summed E-state index contributed by atoms with van der Waals surface area (Å²) in [5.41, 5.74) is 5.10. The smallest absolute Gasteiger partial charge is 0.295 e. The maximum atomic E-state index is 13.3. The topological polar surface area (TPSA) is 53.7 Å². The van der Waals surface area contributed by atoms with E-state index in [9.17, 15) is 18.0 Å². The van der Waals surface area contributed by atoms with E-state index in [0.717, 1.165) is 48.6 Å². The van der Waals surface area contributed by atoms with E-state index in [1.165, 1.54) is 23.0 Å². The van der Waals surface area contributed by atoms with Crippen LogP contribution in [0.1, 0.15) is 37.3 Å². The summed E-state index contributed by atoms with van der Waals surface area (Å²) in [6, 6.07) is 2.24. The molecule has 0 spiro atoms. The molecule has 2 aliphatic rings. The highest BCUT2D eigenvalue weighted by Gasteiger charge is 2.34. The average Bonchev–Trinajstić information content (AvgIpc) is 3.22. The number of hydrazine groups is 1. The standard InChI is InChI=1S/C18H24F3N5OS/c1-24-11-22-23-16(24)10-28-13-5-2-4-12(8-13)26-9-15-14(18(19,20)21)6-3-7-25(15)17(26)27/h3,6-7,9,12-13,16,22-23H,2,4-5,8,10-11H2,1H3. The molecule has 3 atom stereocenters. The summed E-state index contributed by atoms with van der Waals surface area (Å²) < 4.78 is 42.5. The molecule has 2 fully saturated rings. The molecule has 28 heavy (non-hydrogen) atoms. The van der Waals surface area contributed by atoms with Crippen LogP contribution in [0.4, 0.5) is 13.2 Å². The molecule has 4 rings (SSSR count). The van der Waals surface area contributed by atoms with Gasteiger partial charge in [-0.15, -0.1) is 0 Å². The van der Waals surface area contributed by atoms with E-state index in [-0.39, 0.29) is 17.7 Å². The minimum absolute atomic E-state index is 0.0628. The maximum absolute atomic E-state index is 13.3. The van der Waals surface area contributed by atoms with E-state index in [1.54, 1.807) is 0 Å². The second-order valence-corrected chi connectivity index (χ2v) is 8.85. The molecule has 3 unspecified atom stereocenters. The number of thioether (sulfide) groups is 1. The minimum Gasteiger partial charge on any atom is -0.295 e. The summed E-state index contributed by atoms with van der Waals surface area (Å²) in [7, 11) is 2.05. The molecule has 6 nitrogen and oxygen atoms in total. The number of nitrogens with one attached hydrogen (secondary N) is 2. The molecule has 0 bridgehead atoms. The first-order chi connectivity index (χ1) is 13.3. The van der Waals surface area contributed by atoms with Gasteiger partial charge < -0.3 is 0 Å². The molecule has 0 aromatic carbocycles. The highest BCUT2D eigenvalue weighted by molar-refractivity contribution is 7.99. The minimum atomic E-state index is -4.48. The zero-order valence-electron chi connectivity index (χ0n) is 15.6. The fourth-order valence-electron chi connectivity index (χ4n) is 4.06. The fraction of sp³-hybridized carbons (Fsp3) is 0.611. The number of hydrogen-bond acceptors (Lipinski definition) is 5. The number of alkyl halides is 3. The summed E-state index contributed by atoms with van der Waals surface area (Å²) in [5.74, 6) is 0.922. The number of imidazole rings is 1. The maximum Gasteiger partial charge on any atom is 0.418 e. The molecule has 154 valence electrons. The average molecular weight is 415 g/mol. The van der Waals surface area contributed by atoms with Crippen molar-refractivity contribution in [2.45, 2.75) is 49.3 Å². The number of nitrogens with zero attached hydrogens (tertiary/aromatic N) is 3. The van der Waals surface area contributed by atoms with Crippen molar-refractivity contribution in [3.63, 3.8) is 0 Å². The normalized spacial score (nSPS) is 26.9. The van der Waals surface area contributed by atoms with Crippen molar-refractivity contribution in [2.75, 3.05) is 19.5 Å². The van der Waals surface area contributed by atoms with E-state index < -0.39 is 17.4 Å². The van der Waals surface area contributed by atoms with Crippen LogP contribution in [0.2, 0.25) is 0 Å². The molecule has 1 aliphatic carbocycles. The molecular formula is C18H24F3N5OS. The first-order valence-corrected chi connectivity index (χ1v) is 10.5. The largest absolute Gasteiger partial charge is 0.418 e. The molecule has 0 amide bonds. The number of rotatable bonds is 4. The lowest BCUT2D eigenvalue weighted by Crippen LogP contribution is -2.38. The summed E-state index contributed by atoms with van der Waals surface area (Å²) in [5, 5.41) is 0.395. The van der Waals surface area contributed by atoms with Crippen molar-refractivity contribution < 1.29 is 13.2 Å². The molecule has 2 N–H and O–H groups in total. The molecule has 1 aliphatic heterocycles. The van der Waals surface area contributed by atoms with Gasteiger partial charge in [-0.3, -0.25) is 13.9 Å². The van der Waals surface area contributed by atoms with Crippen LogP contribution in [0.15, 0.2) is 29.3 Å². The quantitative estimate of drug-likeness (QED) is 0.804. The Morgan fingerprint density at radius 2 is 2.14 bits per heavy atom. The van der Waals surface area contributed by atoms with Crippen molar-refractivity contribution in [1.82, 2.24) is 24.7 Å². The number of fused-ring (bicyclic) bond motifs is 1. The Hall–Kier alpha value is -1.49. The summed E-state index contributed by atoms with van der Waals surface area (Å²) in [6.45, 7) is 0.798. The predicted molar refractivity (Wildman–Crippen MR) is 103 cm³/mol. The number of hydrogen-bond donors (Lipinski definition) is 2. The third-order valence-electron chi connectivity index (χ3n) is 5.64. The van der Waals surface area contributed by atoms with Gasteiger partial charge in [0.15, 0.2) is 0 Å². The summed E-state index contributed by atoms with van der Waals surface area (Å²) in [6.07, 6.45) is 2.24. The molecule has 10 heteroatoms. The summed E-state index contributed by atoms with van der Waals surface area (Å²) >= 11 is 1.87. The van der Waals surface area contributed by atoms with Crippen LogP contribution in [-0.4, -0.2) is 44.8 Å². The van der Waals surface area contributed by atoms with Crippen molar-refractivity contribution in [2.24, 2.45) is 0 Å². The van der Waals surface area contributed by atoms with Crippen LogP contribution in [0.3, 0.4) is 0 Å². The van der Waals surface area contributed by atoms with Crippen LogP contribution in [0.25, 0.3) is 5.52 Å². The lowest BCUT2D eigenvalue weighted by atomic mass is 9.95. The van der Waals surface area contributed by atoms with Crippen molar-refractivity contribution in [3.8, 4) is 0 Å². The number of aromatic nitrogens is 2. The van der Waals surface area contributed by atoms with Gasteiger partial charge in [-0.1, -0.05) is 6.42 Å². The van der Waals surface area contributed by atoms with Gasteiger partial charge in [0.05, 0.1) is 23.9 Å². The SMILES string of the molecule is CN1CNNC1CSC1CCCC(n2cc3c(C(F)(F)F)cccn3c2=O)C1. The molecule has 3 heterocycles. The van der Waals surface area contributed by atoms with Crippen LogP contribution in [0.5, 0.6) is 0 Å². The van der Waals surface area contributed by atoms with Crippen LogP contribution in [0, 0.1) is 0 Å².